The summed E-state index contributed by atoms with van der Waals surface area (Å²) in [5.41, 5.74) is -0.387. The lowest BCUT2D eigenvalue weighted by atomic mass is 9.91. The Morgan fingerprint density at radius 1 is 1.30 bits per heavy atom. The van der Waals surface area contributed by atoms with Gasteiger partial charge in [0.2, 0.25) is 6.35 Å². The van der Waals surface area contributed by atoms with E-state index >= 15 is 0 Å². The fraction of sp³-hybridized carbons (Fsp3) is 0.778. The topological polar surface area (TPSA) is 122 Å². The fourth-order valence-electron chi connectivity index (χ4n) is 3.39. The van der Waals surface area contributed by atoms with Crippen LogP contribution in [0.25, 0.3) is 0 Å². The Kier molecular flexibility index (Phi) is 7.21. The Balaban J connectivity index is 2.07. The second-order valence-electron chi connectivity index (χ2n) is 7.25. The second-order valence-corrected chi connectivity index (χ2v) is 7.25. The quantitative estimate of drug-likeness (QED) is 0.423. The standard InChI is InChI=1S/C18H32N4O5/c1-4-18(27,5-2)8-6-7-9-22-16(25)14-15(20(3)17(22)26)19-12-21(14)10-13(24)11-23/h12-13,17,23-24,26-27H,4-11H2,1-3H3. The molecule has 2 rings (SSSR count). The van der Waals surface area contributed by atoms with Crippen LogP contribution in [0.15, 0.2) is 6.33 Å². The molecule has 1 aromatic heterocycles. The average Bonchev–Trinajstić information content (AvgIpc) is 3.09. The molecular weight excluding hydrogens is 352 g/mol. The molecule has 27 heavy (non-hydrogen) atoms. The number of carbonyl (C=O) groups excluding carboxylic acids is 1. The number of nitrogens with zero attached hydrogens (tertiary/aromatic N) is 4. The lowest BCUT2D eigenvalue weighted by Crippen LogP contribution is -2.54. The van der Waals surface area contributed by atoms with Gasteiger partial charge < -0.3 is 29.9 Å². The van der Waals surface area contributed by atoms with E-state index in [9.17, 15) is 20.1 Å². The van der Waals surface area contributed by atoms with Crippen molar-refractivity contribution in [2.45, 2.75) is 70.6 Å². The van der Waals surface area contributed by atoms with E-state index in [0.29, 0.717) is 38.0 Å². The average molecular weight is 384 g/mol. The number of hydrogen-bond donors (Lipinski definition) is 4. The van der Waals surface area contributed by atoms with Crippen LogP contribution in [0, 0.1) is 0 Å². The molecule has 0 spiro atoms. The summed E-state index contributed by atoms with van der Waals surface area (Å²) in [6.45, 7) is 3.89. The molecule has 9 heteroatoms. The first-order chi connectivity index (χ1) is 12.8. The Bertz CT molecular complexity index is 631. The number of amides is 1. The summed E-state index contributed by atoms with van der Waals surface area (Å²) >= 11 is 0. The normalized spacial score (nSPS) is 18.8. The van der Waals surface area contributed by atoms with Crippen LogP contribution in [-0.2, 0) is 6.54 Å². The number of anilines is 1. The van der Waals surface area contributed by atoms with E-state index in [1.165, 1.54) is 20.7 Å². The van der Waals surface area contributed by atoms with Gasteiger partial charge in [0.15, 0.2) is 11.5 Å². The smallest absolute Gasteiger partial charge is 0.277 e. The van der Waals surface area contributed by atoms with Crippen LogP contribution in [0.1, 0.15) is 56.4 Å². The molecule has 0 bridgehead atoms. The lowest BCUT2D eigenvalue weighted by molar-refractivity contribution is -0.00114. The minimum Gasteiger partial charge on any atom is -0.394 e. The molecule has 154 valence electrons. The van der Waals surface area contributed by atoms with Crippen molar-refractivity contribution in [2.75, 3.05) is 25.1 Å². The molecule has 0 aliphatic carbocycles. The molecule has 0 aromatic carbocycles. The number of rotatable bonds is 10. The summed E-state index contributed by atoms with van der Waals surface area (Å²) in [5.74, 6) is -0.0142. The van der Waals surface area contributed by atoms with Crippen LogP contribution in [0.4, 0.5) is 5.82 Å². The van der Waals surface area contributed by atoms with E-state index in [4.69, 9.17) is 5.11 Å². The highest BCUT2D eigenvalue weighted by Crippen LogP contribution is 2.29. The van der Waals surface area contributed by atoms with E-state index in [1.54, 1.807) is 7.05 Å². The molecule has 0 radical (unpaired) electrons. The van der Waals surface area contributed by atoms with Gasteiger partial charge in [0.1, 0.15) is 0 Å². The van der Waals surface area contributed by atoms with Gasteiger partial charge in [0.25, 0.3) is 5.91 Å². The third kappa shape index (κ3) is 4.60. The van der Waals surface area contributed by atoms with E-state index in [2.05, 4.69) is 4.98 Å². The largest absolute Gasteiger partial charge is 0.394 e. The number of aromatic nitrogens is 2. The van der Waals surface area contributed by atoms with Crippen molar-refractivity contribution in [2.24, 2.45) is 0 Å². The van der Waals surface area contributed by atoms with Gasteiger partial charge in [-0.05, 0) is 32.1 Å². The van der Waals surface area contributed by atoms with Crippen LogP contribution in [-0.4, -0.2) is 79.0 Å². The van der Waals surface area contributed by atoms with Crippen LogP contribution < -0.4 is 4.90 Å². The number of unbranched alkanes of at least 4 members (excludes halogenated alkanes) is 1. The minimum absolute atomic E-state index is 0.0440. The third-order valence-electron chi connectivity index (χ3n) is 5.47. The highest BCUT2D eigenvalue weighted by atomic mass is 16.3. The molecule has 0 saturated heterocycles. The molecule has 2 unspecified atom stereocenters. The Labute approximate surface area is 159 Å². The number of hydrogen-bond acceptors (Lipinski definition) is 7. The van der Waals surface area contributed by atoms with Crippen LogP contribution in [0.3, 0.4) is 0 Å². The first-order valence-electron chi connectivity index (χ1n) is 9.56. The number of imidazole rings is 1. The first-order valence-corrected chi connectivity index (χ1v) is 9.56. The van der Waals surface area contributed by atoms with Crippen molar-refractivity contribution in [3.8, 4) is 0 Å². The molecule has 2 atom stereocenters. The van der Waals surface area contributed by atoms with Crippen molar-refractivity contribution < 1.29 is 25.2 Å². The summed E-state index contributed by atoms with van der Waals surface area (Å²) < 4.78 is 1.50. The SMILES string of the molecule is CCC(O)(CC)CCCCN1C(=O)c2c(ncn2CC(O)CO)N(C)C1O. The number of aliphatic hydroxyl groups is 4. The van der Waals surface area contributed by atoms with Gasteiger partial charge in [0, 0.05) is 13.6 Å². The summed E-state index contributed by atoms with van der Waals surface area (Å²) in [4.78, 5) is 20.0. The van der Waals surface area contributed by atoms with Crippen molar-refractivity contribution in [3.63, 3.8) is 0 Å². The summed E-state index contributed by atoms with van der Waals surface area (Å²) in [6.07, 6.45) is 2.74. The van der Waals surface area contributed by atoms with Gasteiger partial charge in [-0.15, -0.1) is 0 Å². The maximum atomic E-state index is 12.9. The van der Waals surface area contributed by atoms with Crippen molar-refractivity contribution in [1.82, 2.24) is 14.5 Å². The molecule has 1 aliphatic heterocycles. The van der Waals surface area contributed by atoms with Gasteiger partial charge in [0.05, 0.1) is 31.2 Å². The van der Waals surface area contributed by atoms with Gasteiger partial charge in [-0.2, -0.15) is 0 Å². The highest BCUT2D eigenvalue weighted by molar-refractivity contribution is 5.99. The number of carbonyl (C=O) groups is 1. The number of aliphatic hydroxyl groups excluding tert-OH is 3. The minimum atomic E-state index is -1.12. The van der Waals surface area contributed by atoms with Gasteiger partial charge in [-0.1, -0.05) is 13.8 Å². The molecule has 0 saturated carbocycles. The Hall–Kier alpha value is -1.68. The highest BCUT2D eigenvalue weighted by Gasteiger charge is 2.38. The molecule has 1 aromatic rings. The summed E-state index contributed by atoms with van der Waals surface area (Å²) in [7, 11) is 1.65. The van der Waals surface area contributed by atoms with Crippen LogP contribution >= 0.6 is 0 Å². The van der Waals surface area contributed by atoms with Crippen molar-refractivity contribution >= 4 is 11.7 Å². The zero-order valence-corrected chi connectivity index (χ0v) is 16.4. The molecule has 4 N–H and O–H groups in total. The Morgan fingerprint density at radius 2 is 1.96 bits per heavy atom. The molecule has 1 aliphatic rings. The predicted molar refractivity (Wildman–Crippen MR) is 100 cm³/mol. The Morgan fingerprint density at radius 3 is 2.56 bits per heavy atom. The fourth-order valence-corrected chi connectivity index (χ4v) is 3.39. The van der Waals surface area contributed by atoms with Crippen LogP contribution in [0.5, 0.6) is 0 Å². The second kappa shape index (κ2) is 9.01. The van der Waals surface area contributed by atoms with Gasteiger partial charge >= 0.3 is 0 Å². The maximum absolute atomic E-state index is 12.9. The van der Waals surface area contributed by atoms with E-state index in [1.807, 2.05) is 13.8 Å². The number of fused-ring (bicyclic) bond motifs is 1. The predicted octanol–water partition coefficient (Wildman–Crippen LogP) is 0.126. The first kappa shape index (κ1) is 21.6. The molecule has 9 nitrogen and oxygen atoms in total. The van der Waals surface area contributed by atoms with Crippen molar-refractivity contribution in [1.29, 1.82) is 0 Å². The monoisotopic (exact) mass is 384 g/mol. The third-order valence-corrected chi connectivity index (χ3v) is 5.47. The lowest BCUT2D eigenvalue weighted by Gasteiger charge is -2.39. The van der Waals surface area contributed by atoms with Gasteiger partial charge in [-0.25, -0.2) is 4.98 Å². The van der Waals surface area contributed by atoms with Gasteiger partial charge in [-0.3, -0.25) is 9.69 Å². The molecule has 1 amide bonds. The molecular formula is C18H32N4O5. The molecule has 2 heterocycles. The summed E-state index contributed by atoms with van der Waals surface area (Å²) in [5, 5.41) is 39.6. The zero-order chi connectivity index (χ0) is 20.2. The van der Waals surface area contributed by atoms with E-state index < -0.39 is 24.7 Å². The van der Waals surface area contributed by atoms with E-state index in [-0.39, 0.29) is 18.1 Å². The van der Waals surface area contributed by atoms with Crippen molar-refractivity contribution in [3.05, 3.63) is 12.0 Å². The maximum Gasteiger partial charge on any atom is 0.277 e. The van der Waals surface area contributed by atoms with Crippen LogP contribution in [0.2, 0.25) is 0 Å². The van der Waals surface area contributed by atoms with E-state index in [0.717, 1.165) is 6.42 Å². The molecule has 0 fully saturated rings. The zero-order valence-electron chi connectivity index (χ0n) is 16.4. The summed E-state index contributed by atoms with van der Waals surface area (Å²) in [6, 6.07) is 0.